The summed E-state index contributed by atoms with van der Waals surface area (Å²) in [6.45, 7) is 3.55. The number of hydrogen-bond acceptors (Lipinski definition) is 4. The van der Waals surface area contributed by atoms with Gasteiger partial charge in [-0.3, -0.25) is 0 Å². The molecule has 0 aromatic carbocycles. The number of alkyl halides is 1. The molecular weight excluding hydrogens is 306 g/mol. The highest BCUT2D eigenvalue weighted by molar-refractivity contribution is 9.09. The van der Waals surface area contributed by atoms with Crippen LogP contribution >= 0.6 is 15.9 Å². The zero-order valence-electron chi connectivity index (χ0n) is 11.5. The van der Waals surface area contributed by atoms with Crippen molar-refractivity contribution in [1.29, 1.82) is 0 Å². The van der Waals surface area contributed by atoms with E-state index < -0.39 is 0 Å². The molecule has 0 saturated heterocycles. The van der Waals surface area contributed by atoms with Crippen LogP contribution in [0.25, 0.3) is 0 Å². The Hall–Kier alpha value is -0.840. The molecule has 0 atom stereocenters. The third kappa shape index (κ3) is 4.06. The van der Waals surface area contributed by atoms with E-state index in [9.17, 15) is 0 Å². The molecule has 0 aliphatic heterocycles. The van der Waals surface area contributed by atoms with Crippen molar-refractivity contribution in [2.75, 3.05) is 23.4 Å². The Morgan fingerprint density at radius 3 is 2.84 bits per heavy atom. The minimum absolute atomic E-state index is 0.572. The number of ether oxygens (including phenoxy) is 1. The van der Waals surface area contributed by atoms with Crippen molar-refractivity contribution in [3.63, 3.8) is 0 Å². The number of anilines is 1. The summed E-state index contributed by atoms with van der Waals surface area (Å²) in [7, 11) is 0. The molecule has 0 amide bonds. The average Bonchev–Trinajstić information content (AvgIpc) is 2.46. The van der Waals surface area contributed by atoms with Crippen LogP contribution in [0.5, 0.6) is 5.88 Å². The van der Waals surface area contributed by atoms with Crippen molar-refractivity contribution in [1.82, 2.24) is 9.97 Å². The molecule has 5 heteroatoms. The first-order valence-corrected chi connectivity index (χ1v) is 8.25. The molecule has 0 bridgehead atoms. The zero-order chi connectivity index (χ0) is 13.5. The molecule has 1 aromatic heterocycles. The fourth-order valence-electron chi connectivity index (χ4n) is 2.63. The number of rotatable bonds is 6. The van der Waals surface area contributed by atoms with Gasteiger partial charge < -0.3 is 9.64 Å². The minimum Gasteiger partial charge on any atom is -0.478 e. The summed E-state index contributed by atoms with van der Waals surface area (Å²) in [6, 6.07) is 2.39. The van der Waals surface area contributed by atoms with Gasteiger partial charge in [0.15, 0.2) is 0 Å². The number of hydrogen-bond donors (Lipinski definition) is 0. The maximum absolute atomic E-state index is 5.47. The van der Waals surface area contributed by atoms with Crippen LogP contribution in [-0.2, 0) is 0 Å². The van der Waals surface area contributed by atoms with Gasteiger partial charge in [0, 0.05) is 30.2 Å². The van der Waals surface area contributed by atoms with Crippen LogP contribution in [0.15, 0.2) is 12.3 Å². The highest BCUT2D eigenvalue weighted by Crippen LogP contribution is 2.26. The molecule has 1 heterocycles. The molecule has 0 radical (unpaired) electrons. The second-order valence-electron chi connectivity index (χ2n) is 4.80. The van der Waals surface area contributed by atoms with Gasteiger partial charge in [0.25, 0.3) is 0 Å². The van der Waals surface area contributed by atoms with Crippen LogP contribution in [0.2, 0.25) is 0 Å². The maximum Gasteiger partial charge on any atom is 0.228 e. The van der Waals surface area contributed by atoms with Crippen molar-refractivity contribution in [3.05, 3.63) is 12.3 Å². The predicted molar refractivity (Wildman–Crippen MR) is 81.2 cm³/mol. The van der Waals surface area contributed by atoms with E-state index >= 15 is 0 Å². The first-order chi connectivity index (χ1) is 9.35. The maximum atomic E-state index is 5.47. The Kier molecular flexibility index (Phi) is 5.89. The normalized spacial score (nSPS) is 16.3. The second-order valence-corrected chi connectivity index (χ2v) is 5.60. The van der Waals surface area contributed by atoms with Crippen LogP contribution in [0.1, 0.15) is 39.0 Å². The van der Waals surface area contributed by atoms with Crippen LogP contribution in [-0.4, -0.2) is 34.5 Å². The molecule has 1 aliphatic rings. The highest BCUT2D eigenvalue weighted by atomic mass is 79.9. The Morgan fingerprint density at radius 2 is 2.16 bits per heavy atom. The van der Waals surface area contributed by atoms with Crippen LogP contribution in [0.3, 0.4) is 0 Å². The summed E-state index contributed by atoms with van der Waals surface area (Å²) in [5.74, 6) is 1.47. The predicted octanol–water partition coefficient (Wildman–Crippen LogP) is 3.41. The Morgan fingerprint density at radius 1 is 1.37 bits per heavy atom. The van der Waals surface area contributed by atoms with Crippen molar-refractivity contribution >= 4 is 21.9 Å². The van der Waals surface area contributed by atoms with E-state index in [1.807, 2.05) is 13.0 Å². The Balaban J connectivity index is 2.14. The Labute approximate surface area is 123 Å². The van der Waals surface area contributed by atoms with Gasteiger partial charge in [-0.2, -0.15) is 4.98 Å². The molecule has 2 rings (SSSR count). The number of nitrogens with zero attached hydrogens (tertiary/aromatic N) is 3. The lowest BCUT2D eigenvalue weighted by atomic mass is 9.94. The van der Waals surface area contributed by atoms with E-state index in [1.54, 1.807) is 6.20 Å². The fraction of sp³-hybridized carbons (Fsp3) is 0.714. The molecule has 1 fully saturated rings. The molecule has 0 unspecified atom stereocenters. The van der Waals surface area contributed by atoms with Crippen LogP contribution in [0, 0.1) is 0 Å². The number of halogens is 1. The first-order valence-electron chi connectivity index (χ1n) is 7.13. The fourth-order valence-corrected chi connectivity index (χ4v) is 3.01. The summed E-state index contributed by atoms with van der Waals surface area (Å²) < 4.78 is 5.47. The summed E-state index contributed by atoms with van der Waals surface area (Å²) in [6.07, 6.45) is 8.27. The lowest BCUT2D eigenvalue weighted by Gasteiger charge is -2.34. The van der Waals surface area contributed by atoms with Crippen molar-refractivity contribution in [2.45, 2.75) is 45.1 Å². The average molecular weight is 328 g/mol. The molecular formula is C14H22BrN3O. The molecule has 0 N–H and O–H groups in total. The number of aromatic nitrogens is 2. The van der Waals surface area contributed by atoms with Crippen molar-refractivity contribution < 1.29 is 4.74 Å². The van der Waals surface area contributed by atoms with Gasteiger partial charge in [-0.1, -0.05) is 35.2 Å². The van der Waals surface area contributed by atoms with E-state index in [0.29, 0.717) is 18.5 Å². The monoisotopic (exact) mass is 327 g/mol. The lowest BCUT2D eigenvalue weighted by Crippen LogP contribution is -2.39. The van der Waals surface area contributed by atoms with Crippen molar-refractivity contribution in [3.8, 4) is 5.88 Å². The SMILES string of the molecule is CCOc1ccnc(N(CCBr)C2CCCCC2)n1. The standard InChI is InChI=1S/C14H22BrN3O/c1-2-19-13-8-10-16-14(17-13)18(11-9-15)12-6-4-3-5-7-12/h8,10,12H,2-7,9,11H2,1H3. The van der Waals surface area contributed by atoms with Crippen LogP contribution < -0.4 is 9.64 Å². The quantitative estimate of drug-likeness (QED) is 0.750. The van der Waals surface area contributed by atoms with Gasteiger partial charge in [-0.15, -0.1) is 0 Å². The zero-order valence-corrected chi connectivity index (χ0v) is 13.1. The van der Waals surface area contributed by atoms with E-state index in [0.717, 1.165) is 17.8 Å². The third-order valence-electron chi connectivity index (χ3n) is 3.51. The minimum atomic E-state index is 0.572. The van der Waals surface area contributed by atoms with Gasteiger partial charge in [0.05, 0.1) is 6.61 Å². The van der Waals surface area contributed by atoms with E-state index in [4.69, 9.17) is 4.74 Å². The largest absolute Gasteiger partial charge is 0.478 e. The van der Waals surface area contributed by atoms with E-state index in [2.05, 4.69) is 30.8 Å². The molecule has 1 aromatic rings. The van der Waals surface area contributed by atoms with Gasteiger partial charge >= 0.3 is 0 Å². The van der Waals surface area contributed by atoms with E-state index in [-0.39, 0.29) is 0 Å². The third-order valence-corrected chi connectivity index (χ3v) is 3.86. The summed E-state index contributed by atoms with van der Waals surface area (Å²) >= 11 is 3.53. The van der Waals surface area contributed by atoms with Gasteiger partial charge in [-0.25, -0.2) is 4.98 Å². The molecule has 0 spiro atoms. The lowest BCUT2D eigenvalue weighted by molar-refractivity contribution is 0.325. The molecule has 106 valence electrons. The van der Waals surface area contributed by atoms with Gasteiger partial charge in [0.2, 0.25) is 11.8 Å². The molecule has 19 heavy (non-hydrogen) atoms. The Bertz CT molecular complexity index is 383. The summed E-state index contributed by atoms with van der Waals surface area (Å²) in [4.78, 5) is 11.3. The summed E-state index contributed by atoms with van der Waals surface area (Å²) in [5.41, 5.74) is 0. The molecule has 1 aliphatic carbocycles. The van der Waals surface area contributed by atoms with E-state index in [1.165, 1.54) is 32.1 Å². The summed E-state index contributed by atoms with van der Waals surface area (Å²) in [5, 5.41) is 0.936. The first kappa shape index (κ1) is 14.6. The smallest absolute Gasteiger partial charge is 0.228 e. The van der Waals surface area contributed by atoms with Crippen molar-refractivity contribution in [2.24, 2.45) is 0 Å². The van der Waals surface area contributed by atoms with Crippen LogP contribution in [0.4, 0.5) is 5.95 Å². The topological polar surface area (TPSA) is 38.2 Å². The highest BCUT2D eigenvalue weighted by Gasteiger charge is 2.23. The van der Waals surface area contributed by atoms with Gasteiger partial charge in [-0.05, 0) is 19.8 Å². The second kappa shape index (κ2) is 7.68. The van der Waals surface area contributed by atoms with Gasteiger partial charge in [0.1, 0.15) is 0 Å². The molecule has 4 nitrogen and oxygen atoms in total. The molecule has 1 saturated carbocycles.